The van der Waals surface area contributed by atoms with Crippen LogP contribution in [0.15, 0.2) is 18.2 Å². The molecule has 1 saturated carbocycles. The Hall–Kier alpha value is -1.18. The molecule has 2 heteroatoms. The van der Waals surface area contributed by atoms with Gasteiger partial charge in [0, 0.05) is 10.9 Å². The van der Waals surface area contributed by atoms with Crippen LogP contribution in [0.1, 0.15) is 49.1 Å². The molecule has 1 aliphatic rings. The second kappa shape index (κ2) is 4.25. The lowest BCUT2D eigenvalue weighted by molar-refractivity contribution is 0.447. The maximum atomic E-state index is 3.57. The highest BCUT2D eigenvalue weighted by Crippen LogP contribution is 2.35. The predicted octanol–water partition coefficient (Wildman–Crippen LogP) is 2.78. The van der Waals surface area contributed by atoms with Gasteiger partial charge in [0.1, 0.15) is 0 Å². The highest BCUT2D eigenvalue weighted by molar-refractivity contribution is 6.33. The number of benzene rings is 1. The van der Waals surface area contributed by atoms with E-state index >= 15 is 0 Å². The van der Waals surface area contributed by atoms with E-state index in [2.05, 4.69) is 38.0 Å². The minimum absolute atomic E-state index is 0.792. The molecule has 0 radical (unpaired) electrons. The van der Waals surface area contributed by atoms with Gasteiger partial charge in [-0.15, -0.1) is 0 Å². The Morgan fingerprint density at radius 1 is 1.18 bits per heavy atom. The second-order valence-corrected chi connectivity index (χ2v) is 5.55. The summed E-state index contributed by atoms with van der Waals surface area (Å²) in [6, 6.07) is 6.81. The molecule has 88 valence electrons. The van der Waals surface area contributed by atoms with Gasteiger partial charge in [-0.25, -0.2) is 0 Å². The number of H-pyrrole nitrogens is 1. The van der Waals surface area contributed by atoms with Gasteiger partial charge in [0.05, 0.1) is 0 Å². The van der Waals surface area contributed by atoms with E-state index in [-0.39, 0.29) is 0 Å². The largest absolute Gasteiger partial charge is 0.367 e. The lowest BCUT2D eigenvalue weighted by Crippen LogP contribution is -2.15. The standard InChI is InChI=1S/C15H20BN/c1-10-7-8-12-13(9-10)17-15(16)14(12)11-5-3-2-4-6-11/h7-9,11,17H,2-6,16H2,1H3. The third-order valence-corrected chi connectivity index (χ3v) is 4.20. The molecule has 0 amide bonds. The highest BCUT2D eigenvalue weighted by Gasteiger charge is 2.20. The third kappa shape index (κ3) is 1.90. The summed E-state index contributed by atoms with van der Waals surface area (Å²) >= 11 is 0. The predicted molar refractivity (Wildman–Crippen MR) is 77.0 cm³/mol. The van der Waals surface area contributed by atoms with Crippen LogP contribution < -0.4 is 5.59 Å². The van der Waals surface area contributed by atoms with Crippen molar-refractivity contribution in [1.29, 1.82) is 0 Å². The zero-order chi connectivity index (χ0) is 11.8. The van der Waals surface area contributed by atoms with Crippen LogP contribution in [0.25, 0.3) is 10.9 Å². The zero-order valence-corrected chi connectivity index (χ0v) is 10.8. The molecule has 1 fully saturated rings. The van der Waals surface area contributed by atoms with Crippen molar-refractivity contribution in [1.82, 2.24) is 4.98 Å². The van der Waals surface area contributed by atoms with Gasteiger partial charge in [-0.2, -0.15) is 0 Å². The normalized spacial score (nSPS) is 17.7. The van der Waals surface area contributed by atoms with E-state index in [9.17, 15) is 0 Å². The maximum Gasteiger partial charge on any atom is 0.161 e. The number of fused-ring (bicyclic) bond motifs is 1. The van der Waals surface area contributed by atoms with Crippen LogP contribution in [0.3, 0.4) is 0 Å². The van der Waals surface area contributed by atoms with Gasteiger partial charge < -0.3 is 4.98 Å². The van der Waals surface area contributed by atoms with E-state index in [1.165, 1.54) is 54.2 Å². The van der Waals surface area contributed by atoms with Crippen LogP contribution >= 0.6 is 0 Å². The van der Waals surface area contributed by atoms with Crippen LogP contribution in [-0.4, -0.2) is 12.8 Å². The minimum atomic E-state index is 0.792. The number of nitrogens with one attached hydrogen (secondary N) is 1. The molecule has 1 aromatic heterocycles. The van der Waals surface area contributed by atoms with E-state index in [0.29, 0.717) is 0 Å². The number of hydrogen-bond donors (Lipinski definition) is 1. The summed E-state index contributed by atoms with van der Waals surface area (Å²) in [5.74, 6) is 0.792. The van der Waals surface area contributed by atoms with Crippen molar-refractivity contribution in [3.63, 3.8) is 0 Å². The number of hydrogen-bond acceptors (Lipinski definition) is 0. The highest BCUT2D eigenvalue weighted by atomic mass is 14.7. The fourth-order valence-electron chi connectivity index (χ4n) is 3.39. The molecule has 2 aromatic rings. The Balaban J connectivity index is 2.11. The molecule has 1 heterocycles. The Morgan fingerprint density at radius 2 is 1.94 bits per heavy atom. The lowest BCUT2D eigenvalue weighted by Gasteiger charge is -2.22. The summed E-state index contributed by atoms with van der Waals surface area (Å²) in [6.07, 6.45) is 6.99. The summed E-state index contributed by atoms with van der Waals surface area (Å²) in [7, 11) is 2.24. The summed E-state index contributed by atoms with van der Waals surface area (Å²) in [6.45, 7) is 2.16. The molecule has 0 bridgehead atoms. The van der Waals surface area contributed by atoms with Crippen molar-refractivity contribution in [2.45, 2.75) is 44.9 Å². The van der Waals surface area contributed by atoms with Crippen LogP contribution in [-0.2, 0) is 0 Å². The number of aryl methyl sites for hydroxylation is 1. The van der Waals surface area contributed by atoms with Gasteiger partial charge in [0.25, 0.3) is 0 Å². The number of aromatic nitrogens is 1. The van der Waals surface area contributed by atoms with Crippen molar-refractivity contribution < 1.29 is 0 Å². The van der Waals surface area contributed by atoms with Gasteiger partial charge in [-0.05, 0) is 48.5 Å². The van der Waals surface area contributed by atoms with Crippen molar-refractivity contribution in [2.24, 2.45) is 0 Å². The molecular formula is C15H20BN. The number of rotatable bonds is 1. The molecule has 3 rings (SSSR count). The van der Waals surface area contributed by atoms with E-state index in [1.807, 2.05) is 0 Å². The van der Waals surface area contributed by atoms with Gasteiger partial charge in [-0.1, -0.05) is 31.4 Å². The molecule has 1 aromatic carbocycles. The molecule has 0 aliphatic heterocycles. The Bertz CT molecular complexity index is 535. The molecule has 17 heavy (non-hydrogen) atoms. The van der Waals surface area contributed by atoms with E-state index in [1.54, 1.807) is 5.56 Å². The molecule has 0 atom stereocenters. The van der Waals surface area contributed by atoms with Gasteiger partial charge >= 0.3 is 0 Å². The zero-order valence-electron chi connectivity index (χ0n) is 10.8. The van der Waals surface area contributed by atoms with E-state index in [4.69, 9.17) is 0 Å². The van der Waals surface area contributed by atoms with E-state index < -0.39 is 0 Å². The average molecular weight is 225 g/mol. The van der Waals surface area contributed by atoms with Crippen LogP contribution in [0, 0.1) is 6.92 Å². The lowest BCUT2D eigenvalue weighted by atomic mass is 9.80. The monoisotopic (exact) mass is 225 g/mol. The SMILES string of the molecule is Bc1[nH]c2cc(C)ccc2c1C1CCCCC1. The quantitative estimate of drug-likeness (QED) is 0.718. The van der Waals surface area contributed by atoms with Crippen molar-refractivity contribution in [2.75, 3.05) is 0 Å². The van der Waals surface area contributed by atoms with Gasteiger partial charge in [0.2, 0.25) is 0 Å². The first-order valence-corrected chi connectivity index (χ1v) is 6.84. The molecule has 1 N–H and O–H groups in total. The minimum Gasteiger partial charge on any atom is -0.367 e. The molecule has 0 unspecified atom stereocenters. The third-order valence-electron chi connectivity index (χ3n) is 4.20. The first kappa shape index (κ1) is 10.9. The first-order valence-electron chi connectivity index (χ1n) is 6.84. The molecule has 1 nitrogen and oxygen atoms in total. The maximum absolute atomic E-state index is 3.57. The summed E-state index contributed by atoms with van der Waals surface area (Å²) < 4.78 is 0. The Kier molecular flexibility index (Phi) is 2.74. The van der Waals surface area contributed by atoms with Crippen LogP contribution in [0.5, 0.6) is 0 Å². The van der Waals surface area contributed by atoms with Crippen LogP contribution in [0.4, 0.5) is 0 Å². The topological polar surface area (TPSA) is 15.8 Å². The van der Waals surface area contributed by atoms with Crippen molar-refractivity contribution in [3.8, 4) is 0 Å². The number of aromatic amines is 1. The van der Waals surface area contributed by atoms with Gasteiger partial charge in [-0.3, -0.25) is 0 Å². The second-order valence-electron chi connectivity index (χ2n) is 5.55. The Labute approximate surface area is 104 Å². The van der Waals surface area contributed by atoms with E-state index in [0.717, 1.165) is 5.92 Å². The van der Waals surface area contributed by atoms with Crippen LogP contribution in [0.2, 0.25) is 0 Å². The Morgan fingerprint density at radius 3 is 2.71 bits per heavy atom. The van der Waals surface area contributed by atoms with Crippen molar-refractivity contribution in [3.05, 3.63) is 29.3 Å². The molecule has 1 aliphatic carbocycles. The van der Waals surface area contributed by atoms with Gasteiger partial charge in [0.15, 0.2) is 7.85 Å². The average Bonchev–Trinajstić information content (AvgIpc) is 2.65. The first-order chi connectivity index (χ1) is 8.25. The smallest absolute Gasteiger partial charge is 0.161 e. The summed E-state index contributed by atoms with van der Waals surface area (Å²) in [5.41, 5.74) is 5.65. The van der Waals surface area contributed by atoms with Crippen molar-refractivity contribution >= 4 is 24.3 Å². The molecule has 0 saturated heterocycles. The fraction of sp³-hybridized carbons (Fsp3) is 0.467. The summed E-state index contributed by atoms with van der Waals surface area (Å²) in [5, 5.41) is 1.46. The fourth-order valence-corrected chi connectivity index (χ4v) is 3.39. The molecular weight excluding hydrogens is 205 g/mol. The molecule has 0 spiro atoms. The summed E-state index contributed by atoms with van der Waals surface area (Å²) in [4.78, 5) is 3.57.